The van der Waals surface area contributed by atoms with Crippen molar-refractivity contribution in [2.24, 2.45) is 5.73 Å². The maximum absolute atomic E-state index is 12.3. The first-order chi connectivity index (χ1) is 8.02. The fourth-order valence-electron chi connectivity index (χ4n) is 1.28. The van der Waals surface area contributed by atoms with E-state index in [2.05, 4.69) is 15.1 Å². The molecule has 0 fully saturated rings. The molecule has 90 valence electrons. The maximum Gasteiger partial charge on any atom is 0.417 e. The standard InChI is InChI=1S/C9H8F3N5/c10-9(11,12)6-1-2-7(14-4-6)17-8(3-13)15-5-16-17/h1-2,4-5H,3,13H2. The monoisotopic (exact) mass is 243 g/mol. The number of hydrogen-bond donors (Lipinski definition) is 1. The average molecular weight is 243 g/mol. The quantitative estimate of drug-likeness (QED) is 0.858. The van der Waals surface area contributed by atoms with Gasteiger partial charge in [0.15, 0.2) is 5.82 Å². The van der Waals surface area contributed by atoms with Crippen LogP contribution in [0.15, 0.2) is 24.7 Å². The molecule has 8 heteroatoms. The molecule has 0 atom stereocenters. The van der Waals surface area contributed by atoms with Crippen LogP contribution in [-0.2, 0) is 12.7 Å². The lowest BCUT2D eigenvalue weighted by molar-refractivity contribution is -0.137. The molecular formula is C9H8F3N5. The van der Waals surface area contributed by atoms with Crippen LogP contribution in [-0.4, -0.2) is 19.7 Å². The van der Waals surface area contributed by atoms with Crippen LogP contribution in [0, 0.1) is 0 Å². The van der Waals surface area contributed by atoms with Gasteiger partial charge >= 0.3 is 6.18 Å². The maximum atomic E-state index is 12.3. The van der Waals surface area contributed by atoms with Crippen LogP contribution >= 0.6 is 0 Å². The molecule has 0 unspecified atom stereocenters. The lowest BCUT2D eigenvalue weighted by Crippen LogP contribution is -2.11. The number of hydrogen-bond acceptors (Lipinski definition) is 4. The zero-order valence-electron chi connectivity index (χ0n) is 8.52. The van der Waals surface area contributed by atoms with Gasteiger partial charge in [-0.3, -0.25) is 0 Å². The topological polar surface area (TPSA) is 69.6 Å². The third-order valence-electron chi connectivity index (χ3n) is 2.09. The molecule has 2 aromatic rings. The van der Waals surface area contributed by atoms with Crippen LogP contribution in [0.25, 0.3) is 5.82 Å². The van der Waals surface area contributed by atoms with Gasteiger partial charge in [-0.05, 0) is 12.1 Å². The fraction of sp³-hybridized carbons (Fsp3) is 0.222. The van der Waals surface area contributed by atoms with Gasteiger partial charge in [0, 0.05) is 6.20 Å². The number of alkyl halides is 3. The third-order valence-corrected chi connectivity index (χ3v) is 2.09. The molecule has 17 heavy (non-hydrogen) atoms. The van der Waals surface area contributed by atoms with Gasteiger partial charge in [-0.25, -0.2) is 9.97 Å². The molecule has 0 spiro atoms. The number of pyridine rings is 1. The second kappa shape index (κ2) is 4.13. The lowest BCUT2D eigenvalue weighted by Gasteiger charge is -2.07. The van der Waals surface area contributed by atoms with E-state index in [4.69, 9.17) is 5.73 Å². The summed E-state index contributed by atoms with van der Waals surface area (Å²) in [6, 6.07) is 2.15. The van der Waals surface area contributed by atoms with E-state index in [1.807, 2.05) is 0 Å². The highest BCUT2D eigenvalue weighted by atomic mass is 19.4. The third kappa shape index (κ3) is 2.26. The van der Waals surface area contributed by atoms with Crippen LogP contribution in [0.5, 0.6) is 0 Å². The van der Waals surface area contributed by atoms with E-state index in [9.17, 15) is 13.2 Å². The Balaban J connectivity index is 2.36. The van der Waals surface area contributed by atoms with Gasteiger partial charge in [0.25, 0.3) is 0 Å². The predicted molar refractivity (Wildman–Crippen MR) is 52.0 cm³/mol. The summed E-state index contributed by atoms with van der Waals surface area (Å²) in [5, 5.41) is 3.83. The number of halogens is 3. The first-order valence-corrected chi connectivity index (χ1v) is 4.65. The first kappa shape index (κ1) is 11.5. The summed E-state index contributed by atoms with van der Waals surface area (Å²) in [4.78, 5) is 7.53. The SMILES string of the molecule is NCc1ncnn1-c1ccc(C(F)(F)F)cn1. The highest BCUT2D eigenvalue weighted by Crippen LogP contribution is 2.28. The summed E-state index contributed by atoms with van der Waals surface area (Å²) in [7, 11) is 0. The minimum absolute atomic E-state index is 0.128. The van der Waals surface area contributed by atoms with Crippen LogP contribution in [0.2, 0.25) is 0 Å². The van der Waals surface area contributed by atoms with Crippen molar-refractivity contribution in [2.75, 3.05) is 0 Å². The Morgan fingerprint density at radius 3 is 2.53 bits per heavy atom. The van der Waals surface area contributed by atoms with Crippen molar-refractivity contribution in [3.8, 4) is 5.82 Å². The highest BCUT2D eigenvalue weighted by molar-refractivity contribution is 5.26. The minimum Gasteiger partial charge on any atom is -0.324 e. The molecule has 0 aliphatic heterocycles. The molecule has 0 radical (unpaired) electrons. The predicted octanol–water partition coefficient (Wildman–Crippen LogP) is 1.14. The van der Waals surface area contributed by atoms with Gasteiger partial charge in [0.2, 0.25) is 0 Å². The smallest absolute Gasteiger partial charge is 0.324 e. The van der Waals surface area contributed by atoms with Crippen LogP contribution in [0.1, 0.15) is 11.4 Å². The van der Waals surface area contributed by atoms with E-state index < -0.39 is 11.7 Å². The Hall–Kier alpha value is -1.96. The van der Waals surface area contributed by atoms with Crippen molar-refractivity contribution < 1.29 is 13.2 Å². The van der Waals surface area contributed by atoms with Crippen LogP contribution < -0.4 is 5.73 Å². The molecule has 0 bridgehead atoms. The van der Waals surface area contributed by atoms with Crippen LogP contribution in [0.3, 0.4) is 0 Å². The summed E-state index contributed by atoms with van der Waals surface area (Å²) >= 11 is 0. The molecule has 2 N–H and O–H groups in total. The van der Waals surface area contributed by atoms with Gasteiger partial charge in [-0.1, -0.05) is 0 Å². The second-order valence-corrected chi connectivity index (χ2v) is 3.20. The summed E-state index contributed by atoms with van der Waals surface area (Å²) in [5.41, 5.74) is 4.59. The molecule has 2 aromatic heterocycles. The van der Waals surface area contributed by atoms with E-state index in [0.29, 0.717) is 5.82 Å². The molecule has 0 aliphatic rings. The van der Waals surface area contributed by atoms with Crippen molar-refractivity contribution in [1.29, 1.82) is 0 Å². The molecular weight excluding hydrogens is 235 g/mol. The molecule has 0 amide bonds. The van der Waals surface area contributed by atoms with Crippen molar-refractivity contribution in [2.45, 2.75) is 12.7 Å². The first-order valence-electron chi connectivity index (χ1n) is 4.65. The number of nitrogens with two attached hydrogens (primary N) is 1. The van der Waals surface area contributed by atoms with Gasteiger partial charge in [-0.15, -0.1) is 0 Å². The Bertz CT molecular complexity index is 502. The normalized spacial score (nSPS) is 11.8. The van der Waals surface area contributed by atoms with E-state index in [-0.39, 0.29) is 12.4 Å². The minimum atomic E-state index is -4.40. The molecule has 0 aromatic carbocycles. The van der Waals surface area contributed by atoms with Gasteiger partial charge in [0.1, 0.15) is 12.2 Å². The van der Waals surface area contributed by atoms with Crippen molar-refractivity contribution in [1.82, 2.24) is 19.7 Å². The molecule has 2 heterocycles. The van der Waals surface area contributed by atoms with Gasteiger partial charge < -0.3 is 5.73 Å². The fourth-order valence-corrected chi connectivity index (χ4v) is 1.28. The Labute approximate surface area is 94.1 Å². The van der Waals surface area contributed by atoms with E-state index in [1.165, 1.54) is 17.1 Å². The number of rotatable bonds is 2. The van der Waals surface area contributed by atoms with Crippen molar-refractivity contribution in [3.63, 3.8) is 0 Å². The summed E-state index contributed by atoms with van der Waals surface area (Å²) < 4.78 is 38.2. The number of nitrogens with zero attached hydrogens (tertiary/aromatic N) is 4. The van der Waals surface area contributed by atoms with Gasteiger partial charge in [-0.2, -0.15) is 23.0 Å². The van der Waals surface area contributed by atoms with E-state index in [0.717, 1.165) is 12.3 Å². The summed E-state index contributed by atoms with van der Waals surface area (Å²) in [5.74, 6) is 0.674. The Morgan fingerprint density at radius 2 is 2.00 bits per heavy atom. The zero-order chi connectivity index (χ0) is 12.5. The van der Waals surface area contributed by atoms with Crippen molar-refractivity contribution >= 4 is 0 Å². The van der Waals surface area contributed by atoms with Gasteiger partial charge in [0.05, 0.1) is 12.1 Å². The molecule has 2 rings (SSSR count). The van der Waals surface area contributed by atoms with E-state index in [1.54, 1.807) is 0 Å². The Morgan fingerprint density at radius 1 is 1.24 bits per heavy atom. The summed E-state index contributed by atoms with van der Waals surface area (Å²) in [6.07, 6.45) is -2.39. The molecule has 0 saturated heterocycles. The second-order valence-electron chi connectivity index (χ2n) is 3.20. The summed E-state index contributed by atoms with van der Waals surface area (Å²) in [6.45, 7) is 0.128. The lowest BCUT2D eigenvalue weighted by atomic mass is 10.3. The molecule has 5 nitrogen and oxygen atoms in total. The van der Waals surface area contributed by atoms with Crippen LogP contribution in [0.4, 0.5) is 13.2 Å². The zero-order valence-corrected chi connectivity index (χ0v) is 8.52. The largest absolute Gasteiger partial charge is 0.417 e. The highest BCUT2D eigenvalue weighted by Gasteiger charge is 2.30. The van der Waals surface area contributed by atoms with Crippen molar-refractivity contribution in [3.05, 3.63) is 36.0 Å². The van der Waals surface area contributed by atoms with E-state index >= 15 is 0 Å². The molecule has 0 saturated carbocycles. The Kier molecular flexibility index (Phi) is 2.80. The number of aromatic nitrogens is 4. The molecule has 0 aliphatic carbocycles. The average Bonchev–Trinajstić information content (AvgIpc) is 2.76.